The van der Waals surface area contributed by atoms with Crippen LogP contribution in [0, 0.1) is 5.92 Å². The van der Waals surface area contributed by atoms with Crippen molar-refractivity contribution in [1.29, 1.82) is 0 Å². The minimum absolute atomic E-state index is 0.724. The van der Waals surface area contributed by atoms with Crippen LogP contribution in [0.3, 0.4) is 0 Å². The lowest BCUT2D eigenvalue weighted by Gasteiger charge is -2.10. The number of hydrogen-bond donors (Lipinski definition) is 1. The molecule has 0 aliphatic heterocycles. The second kappa shape index (κ2) is 8.27. The van der Waals surface area contributed by atoms with Crippen molar-refractivity contribution in [3.63, 3.8) is 0 Å². The molecule has 0 atom stereocenters. The molecular formula is C14H27N3O. The second-order valence-corrected chi connectivity index (χ2v) is 5.05. The normalized spacial score (nSPS) is 11.4. The molecule has 0 aromatic carbocycles. The maximum absolute atomic E-state index is 5.02. The molecule has 0 spiro atoms. The Hall–Kier alpha value is -0.870. The van der Waals surface area contributed by atoms with Crippen molar-refractivity contribution in [3.05, 3.63) is 17.5 Å². The van der Waals surface area contributed by atoms with Gasteiger partial charge in [0.2, 0.25) is 0 Å². The number of aromatic nitrogens is 2. The maximum atomic E-state index is 5.02. The van der Waals surface area contributed by atoms with Gasteiger partial charge in [0.15, 0.2) is 0 Å². The summed E-state index contributed by atoms with van der Waals surface area (Å²) in [7, 11) is 1.73. The molecule has 0 saturated carbocycles. The van der Waals surface area contributed by atoms with E-state index in [1.165, 1.54) is 17.7 Å². The van der Waals surface area contributed by atoms with Gasteiger partial charge in [-0.1, -0.05) is 20.8 Å². The summed E-state index contributed by atoms with van der Waals surface area (Å²) in [4.78, 5) is 0. The highest BCUT2D eigenvalue weighted by atomic mass is 16.5. The van der Waals surface area contributed by atoms with Gasteiger partial charge in [-0.25, -0.2) is 0 Å². The number of ether oxygens (including phenoxy) is 1. The Bertz CT molecular complexity index is 334. The van der Waals surface area contributed by atoms with Crippen LogP contribution in [0.15, 0.2) is 6.20 Å². The topological polar surface area (TPSA) is 39.1 Å². The lowest BCUT2D eigenvalue weighted by atomic mass is 10.1. The van der Waals surface area contributed by atoms with Gasteiger partial charge in [0, 0.05) is 38.0 Å². The molecular weight excluding hydrogens is 226 g/mol. The first-order valence-corrected chi connectivity index (χ1v) is 6.92. The summed E-state index contributed by atoms with van der Waals surface area (Å²) in [5, 5.41) is 7.88. The SMILES string of the molecule is CCc1c(CNCCOC)cnn1CCC(C)C. The summed E-state index contributed by atoms with van der Waals surface area (Å²) in [6.45, 7) is 10.2. The van der Waals surface area contributed by atoms with E-state index in [9.17, 15) is 0 Å². The Kier molecular flexibility index (Phi) is 6.98. The molecule has 0 aliphatic carbocycles. The number of nitrogens with one attached hydrogen (secondary N) is 1. The molecule has 1 N–H and O–H groups in total. The van der Waals surface area contributed by atoms with Crippen molar-refractivity contribution in [2.24, 2.45) is 5.92 Å². The van der Waals surface area contributed by atoms with E-state index in [2.05, 4.69) is 35.9 Å². The van der Waals surface area contributed by atoms with Gasteiger partial charge in [-0.3, -0.25) is 4.68 Å². The largest absolute Gasteiger partial charge is 0.383 e. The number of rotatable bonds is 9. The molecule has 4 nitrogen and oxygen atoms in total. The fraction of sp³-hybridized carbons (Fsp3) is 0.786. The van der Waals surface area contributed by atoms with Crippen molar-refractivity contribution in [3.8, 4) is 0 Å². The lowest BCUT2D eigenvalue weighted by Crippen LogP contribution is -2.19. The zero-order valence-corrected chi connectivity index (χ0v) is 12.2. The van der Waals surface area contributed by atoms with E-state index in [1.54, 1.807) is 7.11 Å². The van der Waals surface area contributed by atoms with E-state index >= 15 is 0 Å². The average Bonchev–Trinajstić information content (AvgIpc) is 2.74. The summed E-state index contributed by atoms with van der Waals surface area (Å²) in [5.74, 6) is 0.724. The molecule has 104 valence electrons. The average molecular weight is 253 g/mol. The van der Waals surface area contributed by atoms with Crippen LogP contribution < -0.4 is 5.32 Å². The third-order valence-electron chi connectivity index (χ3n) is 3.09. The summed E-state index contributed by atoms with van der Waals surface area (Å²) < 4.78 is 7.18. The van der Waals surface area contributed by atoms with E-state index in [0.29, 0.717) is 0 Å². The van der Waals surface area contributed by atoms with Crippen molar-refractivity contribution >= 4 is 0 Å². The van der Waals surface area contributed by atoms with Gasteiger partial charge < -0.3 is 10.1 Å². The summed E-state index contributed by atoms with van der Waals surface area (Å²) in [6, 6.07) is 0. The van der Waals surface area contributed by atoms with Gasteiger partial charge in [-0.2, -0.15) is 5.10 Å². The molecule has 0 unspecified atom stereocenters. The molecule has 0 amide bonds. The predicted octanol–water partition coefficient (Wildman–Crippen LogP) is 2.23. The van der Waals surface area contributed by atoms with Gasteiger partial charge >= 0.3 is 0 Å². The third kappa shape index (κ3) is 4.78. The molecule has 4 heteroatoms. The highest BCUT2D eigenvalue weighted by Crippen LogP contribution is 2.11. The molecule has 18 heavy (non-hydrogen) atoms. The smallest absolute Gasteiger partial charge is 0.0587 e. The van der Waals surface area contributed by atoms with Crippen molar-refractivity contribution in [1.82, 2.24) is 15.1 Å². The van der Waals surface area contributed by atoms with Gasteiger partial charge in [0.1, 0.15) is 0 Å². The van der Waals surface area contributed by atoms with Crippen LogP contribution in [0.4, 0.5) is 0 Å². The zero-order chi connectivity index (χ0) is 13.4. The fourth-order valence-electron chi connectivity index (χ4n) is 1.98. The fourth-order valence-corrected chi connectivity index (χ4v) is 1.98. The first-order valence-electron chi connectivity index (χ1n) is 6.92. The number of aryl methyl sites for hydroxylation is 1. The molecule has 0 bridgehead atoms. The Morgan fingerprint density at radius 3 is 2.83 bits per heavy atom. The Morgan fingerprint density at radius 1 is 1.44 bits per heavy atom. The van der Waals surface area contributed by atoms with Crippen LogP contribution in [0.2, 0.25) is 0 Å². The lowest BCUT2D eigenvalue weighted by molar-refractivity contribution is 0.199. The van der Waals surface area contributed by atoms with Crippen LogP contribution in [0.25, 0.3) is 0 Å². The van der Waals surface area contributed by atoms with Gasteiger partial charge in [0.25, 0.3) is 0 Å². The van der Waals surface area contributed by atoms with E-state index < -0.39 is 0 Å². The first kappa shape index (κ1) is 15.2. The van der Waals surface area contributed by atoms with Crippen molar-refractivity contribution in [2.75, 3.05) is 20.3 Å². The minimum Gasteiger partial charge on any atom is -0.383 e. The van der Waals surface area contributed by atoms with Crippen LogP contribution in [-0.4, -0.2) is 30.0 Å². The molecule has 1 aromatic heterocycles. The molecule has 0 saturated heterocycles. The third-order valence-corrected chi connectivity index (χ3v) is 3.09. The van der Waals surface area contributed by atoms with E-state index in [4.69, 9.17) is 4.74 Å². The number of hydrogen-bond acceptors (Lipinski definition) is 3. The van der Waals surface area contributed by atoms with Crippen LogP contribution in [-0.2, 0) is 24.2 Å². The zero-order valence-electron chi connectivity index (χ0n) is 12.2. The summed E-state index contributed by atoms with van der Waals surface area (Å²) in [5.41, 5.74) is 2.68. The highest BCUT2D eigenvalue weighted by Gasteiger charge is 2.08. The molecule has 1 heterocycles. The second-order valence-electron chi connectivity index (χ2n) is 5.05. The number of nitrogens with zero attached hydrogens (tertiary/aromatic N) is 2. The minimum atomic E-state index is 0.724. The van der Waals surface area contributed by atoms with Crippen LogP contribution in [0.1, 0.15) is 38.4 Å². The summed E-state index contributed by atoms with van der Waals surface area (Å²) in [6.07, 6.45) is 4.23. The van der Waals surface area contributed by atoms with Gasteiger partial charge in [-0.15, -0.1) is 0 Å². The standard InChI is InChI=1S/C14H27N3O/c1-5-14-13(10-15-7-9-18-4)11-16-17(14)8-6-12(2)3/h11-12,15H,5-10H2,1-4H3. The Balaban J connectivity index is 2.52. The maximum Gasteiger partial charge on any atom is 0.0587 e. The van der Waals surface area contributed by atoms with Crippen molar-refractivity contribution in [2.45, 2.75) is 46.7 Å². The first-order chi connectivity index (χ1) is 8.69. The van der Waals surface area contributed by atoms with E-state index in [1.807, 2.05) is 6.20 Å². The quantitative estimate of drug-likeness (QED) is 0.686. The Morgan fingerprint density at radius 2 is 2.22 bits per heavy atom. The Labute approximate surface area is 111 Å². The van der Waals surface area contributed by atoms with Gasteiger partial charge in [0.05, 0.1) is 12.8 Å². The molecule has 0 radical (unpaired) electrons. The van der Waals surface area contributed by atoms with E-state index in [0.717, 1.165) is 38.6 Å². The summed E-state index contributed by atoms with van der Waals surface area (Å²) >= 11 is 0. The monoisotopic (exact) mass is 253 g/mol. The van der Waals surface area contributed by atoms with Gasteiger partial charge in [-0.05, 0) is 18.8 Å². The van der Waals surface area contributed by atoms with Crippen molar-refractivity contribution < 1.29 is 4.74 Å². The number of methoxy groups -OCH3 is 1. The van der Waals surface area contributed by atoms with Crippen LogP contribution in [0.5, 0.6) is 0 Å². The highest BCUT2D eigenvalue weighted by molar-refractivity contribution is 5.17. The van der Waals surface area contributed by atoms with Crippen LogP contribution >= 0.6 is 0 Å². The molecule has 0 fully saturated rings. The molecule has 0 aliphatic rings. The van der Waals surface area contributed by atoms with E-state index in [-0.39, 0.29) is 0 Å². The molecule has 1 aromatic rings. The molecule has 1 rings (SSSR count). The predicted molar refractivity (Wildman–Crippen MR) is 74.6 cm³/mol.